The zero-order chi connectivity index (χ0) is 11.0. The second-order valence-electron chi connectivity index (χ2n) is 5.77. The van der Waals surface area contributed by atoms with Crippen molar-refractivity contribution in [2.75, 3.05) is 6.54 Å². The van der Waals surface area contributed by atoms with E-state index in [4.69, 9.17) is 5.73 Å². The van der Waals surface area contributed by atoms with Crippen LogP contribution < -0.4 is 5.73 Å². The summed E-state index contributed by atoms with van der Waals surface area (Å²) in [6, 6.07) is 1.95. The van der Waals surface area contributed by atoms with Crippen LogP contribution in [0.3, 0.4) is 0 Å². The highest BCUT2D eigenvalue weighted by Crippen LogP contribution is 2.34. The molecule has 5 unspecified atom stereocenters. The van der Waals surface area contributed by atoms with Crippen molar-refractivity contribution in [3.63, 3.8) is 0 Å². The molecule has 1 aliphatic carbocycles. The molecule has 1 saturated heterocycles. The van der Waals surface area contributed by atoms with Gasteiger partial charge < -0.3 is 5.73 Å². The molecule has 0 radical (unpaired) electrons. The van der Waals surface area contributed by atoms with E-state index in [0.717, 1.165) is 12.0 Å². The standard InChI is InChI=1S/C13H26N2/c1-9-5-4-6-13(9)15-8-7-12(14)10(2)11(15)3/h9-13H,4-8,14H2,1-3H3. The van der Waals surface area contributed by atoms with Gasteiger partial charge in [0.25, 0.3) is 0 Å². The summed E-state index contributed by atoms with van der Waals surface area (Å²) in [6.07, 6.45) is 5.45. The number of hydrogen-bond donors (Lipinski definition) is 1. The van der Waals surface area contributed by atoms with E-state index in [2.05, 4.69) is 25.7 Å². The van der Waals surface area contributed by atoms with Gasteiger partial charge >= 0.3 is 0 Å². The summed E-state index contributed by atoms with van der Waals surface area (Å²) in [7, 11) is 0. The SMILES string of the molecule is CC1CCCC1N1CCC(N)C(C)C1C. The quantitative estimate of drug-likeness (QED) is 0.719. The number of nitrogens with zero attached hydrogens (tertiary/aromatic N) is 1. The van der Waals surface area contributed by atoms with E-state index < -0.39 is 0 Å². The summed E-state index contributed by atoms with van der Waals surface area (Å²) in [5, 5.41) is 0. The fraction of sp³-hybridized carbons (Fsp3) is 1.00. The lowest BCUT2D eigenvalue weighted by Crippen LogP contribution is -2.55. The molecule has 0 amide bonds. The molecule has 0 aromatic carbocycles. The highest BCUT2D eigenvalue weighted by atomic mass is 15.2. The Labute approximate surface area is 94.2 Å². The van der Waals surface area contributed by atoms with Crippen molar-refractivity contribution < 1.29 is 0 Å². The Morgan fingerprint density at radius 2 is 1.80 bits per heavy atom. The van der Waals surface area contributed by atoms with Crippen LogP contribution in [0, 0.1) is 11.8 Å². The molecule has 2 rings (SSSR count). The normalized spacial score (nSPS) is 48.4. The van der Waals surface area contributed by atoms with Gasteiger partial charge in [0.1, 0.15) is 0 Å². The minimum atomic E-state index is 0.424. The average Bonchev–Trinajstić information content (AvgIpc) is 2.62. The lowest BCUT2D eigenvalue weighted by atomic mass is 9.85. The van der Waals surface area contributed by atoms with Crippen LogP contribution in [0.1, 0.15) is 46.5 Å². The zero-order valence-electron chi connectivity index (χ0n) is 10.4. The first-order chi connectivity index (χ1) is 7.11. The molecule has 15 heavy (non-hydrogen) atoms. The van der Waals surface area contributed by atoms with Crippen molar-refractivity contribution >= 4 is 0 Å². The third-order valence-electron chi connectivity index (χ3n) is 4.92. The second kappa shape index (κ2) is 4.42. The topological polar surface area (TPSA) is 29.3 Å². The van der Waals surface area contributed by atoms with Crippen molar-refractivity contribution in [3.8, 4) is 0 Å². The maximum atomic E-state index is 6.14. The van der Waals surface area contributed by atoms with Gasteiger partial charge in [0.2, 0.25) is 0 Å². The van der Waals surface area contributed by atoms with Crippen molar-refractivity contribution in [3.05, 3.63) is 0 Å². The molecule has 0 spiro atoms. The van der Waals surface area contributed by atoms with E-state index >= 15 is 0 Å². The molecule has 0 bridgehead atoms. The van der Waals surface area contributed by atoms with E-state index in [9.17, 15) is 0 Å². The summed E-state index contributed by atoms with van der Waals surface area (Å²) in [5.41, 5.74) is 6.14. The van der Waals surface area contributed by atoms with Crippen LogP contribution in [0.15, 0.2) is 0 Å². The first-order valence-electron chi connectivity index (χ1n) is 6.62. The molecule has 1 heterocycles. The Kier molecular flexibility index (Phi) is 3.36. The summed E-state index contributed by atoms with van der Waals surface area (Å²) in [6.45, 7) is 8.33. The Balaban J connectivity index is 2.03. The van der Waals surface area contributed by atoms with E-state index in [-0.39, 0.29) is 0 Å². The summed E-state index contributed by atoms with van der Waals surface area (Å²) < 4.78 is 0. The van der Waals surface area contributed by atoms with E-state index in [1.807, 2.05) is 0 Å². The Morgan fingerprint density at radius 3 is 2.40 bits per heavy atom. The summed E-state index contributed by atoms with van der Waals surface area (Å²) in [5.74, 6) is 1.56. The van der Waals surface area contributed by atoms with Crippen molar-refractivity contribution in [2.24, 2.45) is 17.6 Å². The van der Waals surface area contributed by atoms with Crippen LogP contribution in [-0.2, 0) is 0 Å². The minimum Gasteiger partial charge on any atom is -0.327 e. The molecule has 2 N–H and O–H groups in total. The van der Waals surface area contributed by atoms with E-state index in [0.29, 0.717) is 18.0 Å². The van der Waals surface area contributed by atoms with Gasteiger partial charge in [0, 0.05) is 24.7 Å². The highest BCUT2D eigenvalue weighted by molar-refractivity contribution is 4.93. The van der Waals surface area contributed by atoms with Crippen LogP contribution in [0.2, 0.25) is 0 Å². The fourth-order valence-electron chi connectivity index (χ4n) is 3.51. The molecule has 2 nitrogen and oxygen atoms in total. The smallest absolute Gasteiger partial charge is 0.0124 e. The average molecular weight is 210 g/mol. The molecule has 1 saturated carbocycles. The Morgan fingerprint density at radius 1 is 1.07 bits per heavy atom. The van der Waals surface area contributed by atoms with Gasteiger partial charge in [0.15, 0.2) is 0 Å². The van der Waals surface area contributed by atoms with Gasteiger partial charge in [-0.05, 0) is 38.0 Å². The number of rotatable bonds is 1. The predicted octanol–water partition coefficient (Wildman–Crippen LogP) is 2.23. The lowest BCUT2D eigenvalue weighted by molar-refractivity contribution is 0.0432. The first kappa shape index (κ1) is 11.4. The molecular weight excluding hydrogens is 184 g/mol. The molecule has 0 aromatic rings. The Hall–Kier alpha value is -0.0800. The van der Waals surface area contributed by atoms with Crippen LogP contribution in [-0.4, -0.2) is 29.6 Å². The second-order valence-corrected chi connectivity index (χ2v) is 5.77. The zero-order valence-corrected chi connectivity index (χ0v) is 10.4. The third kappa shape index (κ3) is 2.07. The molecule has 88 valence electrons. The largest absolute Gasteiger partial charge is 0.327 e. The molecule has 5 atom stereocenters. The molecule has 2 heteroatoms. The number of nitrogens with two attached hydrogens (primary N) is 1. The van der Waals surface area contributed by atoms with Gasteiger partial charge in [-0.1, -0.05) is 20.3 Å². The number of piperidine rings is 1. The van der Waals surface area contributed by atoms with Gasteiger partial charge in [0.05, 0.1) is 0 Å². The first-order valence-corrected chi connectivity index (χ1v) is 6.62. The van der Waals surface area contributed by atoms with Gasteiger partial charge in [-0.25, -0.2) is 0 Å². The van der Waals surface area contributed by atoms with Crippen LogP contribution in [0.5, 0.6) is 0 Å². The Bertz CT molecular complexity index is 217. The minimum absolute atomic E-state index is 0.424. The van der Waals surface area contributed by atoms with Gasteiger partial charge in [-0.2, -0.15) is 0 Å². The third-order valence-corrected chi connectivity index (χ3v) is 4.92. The molecule has 0 aromatic heterocycles. The van der Waals surface area contributed by atoms with Crippen molar-refractivity contribution in [2.45, 2.75) is 64.6 Å². The monoisotopic (exact) mass is 210 g/mol. The van der Waals surface area contributed by atoms with E-state index in [1.165, 1.54) is 32.2 Å². The van der Waals surface area contributed by atoms with Crippen molar-refractivity contribution in [1.29, 1.82) is 0 Å². The molecule has 1 aliphatic heterocycles. The number of hydrogen-bond acceptors (Lipinski definition) is 2. The predicted molar refractivity (Wildman–Crippen MR) is 64.7 cm³/mol. The van der Waals surface area contributed by atoms with Crippen LogP contribution >= 0.6 is 0 Å². The van der Waals surface area contributed by atoms with Gasteiger partial charge in [-0.3, -0.25) is 4.90 Å². The molecule has 2 fully saturated rings. The van der Waals surface area contributed by atoms with Gasteiger partial charge in [-0.15, -0.1) is 0 Å². The summed E-state index contributed by atoms with van der Waals surface area (Å²) >= 11 is 0. The molecular formula is C13H26N2. The van der Waals surface area contributed by atoms with Crippen molar-refractivity contribution in [1.82, 2.24) is 4.90 Å². The lowest BCUT2D eigenvalue weighted by Gasteiger charge is -2.45. The number of likely N-dealkylation sites (tertiary alicyclic amines) is 1. The maximum absolute atomic E-state index is 6.14. The highest BCUT2D eigenvalue weighted by Gasteiger charge is 2.37. The maximum Gasteiger partial charge on any atom is 0.0124 e. The molecule has 2 aliphatic rings. The summed E-state index contributed by atoms with van der Waals surface area (Å²) in [4.78, 5) is 2.74. The van der Waals surface area contributed by atoms with E-state index in [1.54, 1.807) is 0 Å². The van der Waals surface area contributed by atoms with Crippen LogP contribution in [0.25, 0.3) is 0 Å². The fourth-order valence-corrected chi connectivity index (χ4v) is 3.51. The van der Waals surface area contributed by atoms with Crippen LogP contribution in [0.4, 0.5) is 0 Å².